The molecule has 1 aliphatic rings. The van der Waals surface area contributed by atoms with Crippen molar-refractivity contribution in [3.63, 3.8) is 0 Å². The summed E-state index contributed by atoms with van der Waals surface area (Å²) in [6.45, 7) is 2.06. The molecule has 3 atom stereocenters. The second-order valence-corrected chi connectivity index (χ2v) is 12.8. The molecule has 13 nitrogen and oxygen atoms in total. The minimum Gasteiger partial charge on any atom is -0.395 e. The summed E-state index contributed by atoms with van der Waals surface area (Å²) in [5.41, 5.74) is 0.615. The first-order valence-corrected chi connectivity index (χ1v) is 16.8. The van der Waals surface area contributed by atoms with Crippen LogP contribution < -0.4 is 10.5 Å². The zero-order chi connectivity index (χ0) is 36.4. The van der Waals surface area contributed by atoms with Crippen molar-refractivity contribution in [1.82, 2.24) is 24.8 Å². The van der Waals surface area contributed by atoms with Crippen LogP contribution in [-0.4, -0.2) is 52.4 Å². The highest BCUT2D eigenvalue weighted by Gasteiger charge is 2.53. The maximum absolute atomic E-state index is 14.2. The van der Waals surface area contributed by atoms with E-state index >= 15 is 0 Å². The van der Waals surface area contributed by atoms with Crippen LogP contribution in [-0.2, 0) is 23.5 Å². The molecule has 1 amide bonds. The summed E-state index contributed by atoms with van der Waals surface area (Å²) in [6, 6.07) is 27.8. The predicted molar refractivity (Wildman–Crippen MR) is 194 cm³/mol. The SMILES string of the molecule is C[C@@H](/C=C/CCn1cc(C(CO)c2ccccc2)nn1)[C@]1(O)C(=O)N(Cc2cccc(-n3ncc4ccccc4c3=O)c2)c2ccc([N+](=O)[O-])cc21. The van der Waals surface area contributed by atoms with Crippen LogP contribution in [0.4, 0.5) is 11.4 Å². The van der Waals surface area contributed by atoms with Crippen molar-refractivity contribution >= 4 is 28.1 Å². The van der Waals surface area contributed by atoms with Gasteiger partial charge in [-0.25, -0.2) is 0 Å². The first-order chi connectivity index (χ1) is 25.2. The number of hydrogen-bond donors (Lipinski definition) is 2. The van der Waals surface area contributed by atoms with Crippen LogP contribution in [0.1, 0.15) is 41.6 Å². The number of fused-ring (bicyclic) bond motifs is 2. The van der Waals surface area contributed by atoms with Gasteiger partial charge in [0.1, 0.15) is 0 Å². The molecule has 262 valence electrons. The van der Waals surface area contributed by atoms with Gasteiger partial charge in [-0.05, 0) is 41.8 Å². The van der Waals surface area contributed by atoms with Gasteiger partial charge in [0, 0.05) is 41.7 Å². The van der Waals surface area contributed by atoms with Crippen molar-refractivity contribution in [2.75, 3.05) is 11.5 Å². The fraction of sp³-hybridized carbons (Fsp3) is 0.205. The van der Waals surface area contributed by atoms with Gasteiger partial charge in [0.25, 0.3) is 17.2 Å². The smallest absolute Gasteiger partial charge is 0.279 e. The Labute approximate surface area is 297 Å². The van der Waals surface area contributed by atoms with E-state index in [0.717, 1.165) is 10.9 Å². The Balaban J connectivity index is 1.11. The van der Waals surface area contributed by atoms with Crippen molar-refractivity contribution in [3.05, 3.63) is 164 Å². The van der Waals surface area contributed by atoms with Gasteiger partial charge in [-0.1, -0.05) is 85.0 Å². The molecule has 6 aromatic rings. The van der Waals surface area contributed by atoms with Crippen molar-refractivity contribution in [1.29, 1.82) is 0 Å². The molecular formula is C39H35N7O6. The average molecular weight is 698 g/mol. The Morgan fingerprint density at radius 2 is 1.77 bits per heavy atom. The number of carbonyl (C=O) groups is 1. The molecule has 2 N–H and O–H groups in total. The standard InChI is InChI=1S/C39H35N7O6/c1-26(10-7-8-19-43-24-35(41-42-43)33(25-47)28-12-3-2-4-13-28)39(50)34-21-31(46(51)52)17-18-36(34)44(38(39)49)23-27-11-9-15-30(20-27)45-37(48)32-16-6-5-14-29(32)22-40-45/h2-7,9-18,20-22,24,26,33,47,50H,8,19,23,25H2,1H3/b10-7+/t26-,33?,39+/m0/s1. The lowest BCUT2D eigenvalue weighted by Gasteiger charge is -2.27. The number of aryl methyl sites for hydroxylation is 1. The molecule has 1 aliphatic heterocycles. The van der Waals surface area contributed by atoms with E-state index in [4.69, 9.17) is 0 Å². The van der Waals surface area contributed by atoms with E-state index in [9.17, 15) is 29.9 Å². The summed E-state index contributed by atoms with van der Waals surface area (Å²) in [5.74, 6) is -1.69. The number of aliphatic hydroxyl groups excluding tert-OH is 1. The predicted octanol–water partition coefficient (Wildman–Crippen LogP) is 5.03. The van der Waals surface area contributed by atoms with Crippen LogP contribution in [0, 0.1) is 16.0 Å². The minimum atomic E-state index is -2.09. The van der Waals surface area contributed by atoms with Gasteiger partial charge < -0.3 is 15.1 Å². The molecule has 0 spiro atoms. The first kappa shape index (κ1) is 34.2. The van der Waals surface area contributed by atoms with Crippen LogP contribution in [0.3, 0.4) is 0 Å². The summed E-state index contributed by atoms with van der Waals surface area (Å²) >= 11 is 0. The molecule has 3 heterocycles. The van der Waals surface area contributed by atoms with Crippen molar-refractivity contribution < 1.29 is 19.9 Å². The number of allylic oxidation sites excluding steroid dienone is 1. The third-order valence-electron chi connectivity index (χ3n) is 9.56. The number of non-ortho nitro benzene ring substituents is 1. The molecule has 0 aliphatic carbocycles. The average Bonchev–Trinajstić information content (AvgIpc) is 3.71. The third-order valence-corrected chi connectivity index (χ3v) is 9.56. The van der Waals surface area contributed by atoms with Crippen LogP contribution in [0.25, 0.3) is 16.5 Å². The normalized spacial score (nSPS) is 16.8. The molecule has 1 unspecified atom stereocenters. The van der Waals surface area contributed by atoms with E-state index < -0.39 is 22.3 Å². The fourth-order valence-electron chi connectivity index (χ4n) is 6.73. The number of nitro groups is 1. The highest BCUT2D eigenvalue weighted by molar-refractivity contribution is 6.07. The molecule has 7 rings (SSSR count). The summed E-state index contributed by atoms with van der Waals surface area (Å²) in [4.78, 5) is 40.1. The molecule has 13 heteroatoms. The molecule has 0 fully saturated rings. The summed E-state index contributed by atoms with van der Waals surface area (Å²) in [6.07, 6.45) is 7.45. The van der Waals surface area contributed by atoms with E-state index in [0.29, 0.717) is 41.0 Å². The van der Waals surface area contributed by atoms with Gasteiger partial charge >= 0.3 is 0 Å². The number of carbonyl (C=O) groups excluding carboxylic acids is 1. The third kappa shape index (κ3) is 6.27. The number of aliphatic hydroxyl groups is 2. The van der Waals surface area contributed by atoms with Crippen LogP contribution >= 0.6 is 0 Å². The molecule has 0 bridgehead atoms. The summed E-state index contributed by atoms with van der Waals surface area (Å²) in [5, 5.41) is 47.9. The van der Waals surface area contributed by atoms with E-state index in [1.165, 1.54) is 27.8 Å². The largest absolute Gasteiger partial charge is 0.395 e. The van der Waals surface area contributed by atoms with Crippen LogP contribution in [0.5, 0.6) is 0 Å². The van der Waals surface area contributed by atoms with Crippen molar-refractivity contribution in [2.45, 2.75) is 38.0 Å². The van der Waals surface area contributed by atoms with E-state index in [1.807, 2.05) is 48.5 Å². The van der Waals surface area contributed by atoms with E-state index in [2.05, 4.69) is 15.4 Å². The Kier molecular flexibility index (Phi) is 9.28. The number of anilines is 1. The van der Waals surface area contributed by atoms with Gasteiger partial charge in [0.2, 0.25) is 0 Å². The quantitative estimate of drug-likeness (QED) is 0.101. The second kappa shape index (κ2) is 14.1. The van der Waals surface area contributed by atoms with E-state index in [1.54, 1.807) is 66.5 Å². The lowest BCUT2D eigenvalue weighted by Crippen LogP contribution is -2.44. The lowest BCUT2D eigenvalue weighted by atomic mass is 9.82. The van der Waals surface area contributed by atoms with Gasteiger partial charge in [0.05, 0.1) is 52.6 Å². The molecule has 0 saturated carbocycles. The number of rotatable bonds is 12. The van der Waals surface area contributed by atoms with E-state index in [-0.39, 0.29) is 35.9 Å². The van der Waals surface area contributed by atoms with Gasteiger partial charge in [0.15, 0.2) is 5.60 Å². The van der Waals surface area contributed by atoms with Crippen LogP contribution in [0.2, 0.25) is 0 Å². The minimum absolute atomic E-state index is 0.0327. The molecule has 52 heavy (non-hydrogen) atoms. The number of amides is 1. The number of aromatic nitrogens is 5. The molecule has 4 aromatic carbocycles. The molecule has 0 saturated heterocycles. The Morgan fingerprint density at radius 1 is 0.981 bits per heavy atom. The molecule has 0 radical (unpaired) electrons. The maximum atomic E-state index is 14.2. The summed E-state index contributed by atoms with van der Waals surface area (Å²) < 4.78 is 2.97. The van der Waals surface area contributed by atoms with Crippen molar-refractivity contribution in [3.8, 4) is 5.69 Å². The maximum Gasteiger partial charge on any atom is 0.279 e. The first-order valence-electron chi connectivity index (χ1n) is 16.8. The number of nitrogens with zero attached hydrogens (tertiary/aromatic N) is 7. The lowest BCUT2D eigenvalue weighted by molar-refractivity contribution is -0.385. The summed E-state index contributed by atoms with van der Waals surface area (Å²) in [7, 11) is 0. The topological polar surface area (TPSA) is 170 Å². The van der Waals surface area contributed by atoms with Gasteiger partial charge in [-0.3, -0.25) is 24.4 Å². The highest BCUT2D eigenvalue weighted by atomic mass is 16.6. The highest BCUT2D eigenvalue weighted by Crippen LogP contribution is 2.47. The Hall–Kier alpha value is -6.31. The number of nitro benzene ring substituents is 1. The second-order valence-electron chi connectivity index (χ2n) is 12.8. The monoisotopic (exact) mass is 697 g/mol. The fourth-order valence-corrected chi connectivity index (χ4v) is 6.73. The van der Waals surface area contributed by atoms with Crippen molar-refractivity contribution in [2.24, 2.45) is 5.92 Å². The van der Waals surface area contributed by atoms with Crippen LogP contribution in [0.15, 0.2) is 126 Å². The number of hydrogen-bond acceptors (Lipinski definition) is 9. The zero-order valence-electron chi connectivity index (χ0n) is 28.2. The molecular weight excluding hydrogens is 662 g/mol. The Morgan fingerprint density at radius 3 is 2.56 bits per heavy atom. The van der Waals surface area contributed by atoms with Gasteiger partial charge in [-0.15, -0.1) is 5.10 Å². The molecule has 2 aromatic heterocycles. The number of benzene rings is 4. The zero-order valence-corrected chi connectivity index (χ0v) is 28.2. The van der Waals surface area contributed by atoms with Gasteiger partial charge in [-0.2, -0.15) is 9.78 Å². The Bertz CT molecular complexity index is 2370.